The monoisotopic (exact) mass is 404 g/mol. The average Bonchev–Trinajstić information content (AvgIpc) is 2.81. The van der Waals surface area contributed by atoms with Gasteiger partial charge in [0.25, 0.3) is 0 Å². The minimum Gasteiger partial charge on any atom is -0.497 e. The van der Waals surface area contributed by atoms with Crippen molar-refractivity contribution in [1.82, 2.24) is 10.3 Å². The molecule has 1 aliphatic rings. The van der Waals surface area contributed by atoms with Crippen molar-refractivity contribution >= 4 is 17.0 Å². The Kier molecular flexibility index (Phi) is 7.08. The zero-order chi connectivity index (χ0) is 20.6. The minimum absolute atomic E-state index is 0.170. The van der Waals surface area contributed by atoms with Crippen LogP contribution in [0.15, 0.2) is 66.9 Å². The number of aromatic nitrogens is 1. The van der Waals surface area contributed by atoms with Crippen LogP contribution in [0.25, 0.3) is 17.0 Å². The van der Waals surface area contributed by atoms with Crippen molar-refractivity contribution in [3.8, 4) is 5.75 Å². The lowest BCUT2D eigenvalue weighted by Crippen LogP contribution is -2.44. The third-order valence-corrected chi connectivity index (χ3v) is 5.29. The van der Waals surface area contributed by atoms with Gasteiger partial charge in [-0.15, -0.1) is 0 Å². The van der Waals surface area contributed by atoms with Gasteiger partial charge in [0.2, 0.25) is 0 Å². The van der Waals surface area contributed by atoms with Crippen molar-refractivity contribution < 1.29 is 14.2 Å². The molecule has 1 fully saturated rings. The third-order valence-electron chi connectivity index (χ3n) is 5.29. The van der Waals surface area contributed by atoms with Gasteiger partial charge in [0.05, 0.1) is 31.9 Å². The van der Waals surface area contributed by atoms with Crippen molar-refractivity contribution in [1.29, 1.82) is 0 Å². The lowest BCUT2D eigenvalue weighted by atomic mass is 10.0. The SMILES string of the molecule is COc1ccc2nccc(CCC3OCC(NC/C=C/c4ccccc4)CO3)c2c1. The van der Waals surface area contributed by atoms with Gasteiger partial charge in [-0.1, -0.05) is 42.5 Å². The molecule has 4 rings (SSSR count). The van der Waals surface area contributed by atoms with E-state index in [-0.39, 0.29) is 12.3 Å². The Balaban J connectivity index is 1.23. The first-order valence-electron chi connectivity index (χ1n) is 10.4. The summed E-state index contributed by atoms with van der Waals surface area (Å²) < 4.78 is 17.2. The summed E-state index contributed by atoms with van der Waals surface area (Å²) in [6, 6.07) is 18.6. The number of fused-ring (bicyclic) bond motifs is 1. The highest BCUT2D eigenvalue weighted by Gasteiger charge is 2.21. The Bertz CT molecular complexity index is 967. The van der Waals surface area contributed by atoms with Crippen LogP contribution in [-0.4, -0.2) is 44.2 Å². The smallest absolute Gasteiger partial charge is 0.158 e. The van der Waals surface area contributed by atoms with Gasteiger partial charge in [-0.3, -0.25) is 4.98 Å². The Morgan fingerprint density at radius 1 is 1.10 bits per heavy atom. The quantitative estimate of drug-likeness (QED) is 0.609. The molecule has 30 heavy (non-hydrogen) atoms. The summed E-state index contributed by atoms with van der Waals surface area (Å²) in [6.07, 6.45) is 7.62. The van der Waals surface area contributed by atoms with Crippen LogP contribution in [0, 0.1) is 0 Å². The lowest BCUT2D eigenvalue weighted by Gasteiger charge is -2.30. The molecular formula is C25H28N2O3. The summed E-state index contributed by atoms with van der Waals surface area (Å²) >= 11 is 0. The molecule has 1 saturated heterocycles. The highest BCUT2D eigenvalue weighted by atomic mass is 16.7. The highest BCUT2D eigenvalue weighted by Crippen LogP contribution is 2.24. The van der Waals surface area contributed by atoms with E-state index in [9.17, 15) is 0 Å². The van der Waals surface area contributed by atoms with Crippen LogP contribution in [-0.2, 0) is 15.9 Å². The Morgan fingerprint density at radius 3 is 2.73 bits per heavy atom. The molecule has 0 radical (unpaired) electrons. The molecule has 2 aromatic carbocycles. The molecule has 5 nitrogen and oxygen atoms in total. The minimum atomic E-state index is -0.170. The van der Waals surface area contributed by atoms with Crippen LogP contribution in [0.4, 0.5) is 0 Å². The van der Waals surface area contributed by atoms with Gasteiger partial charge in [-0.05, 0) is 41.8 Å². The maximum absolute atomic E-state index is 5.94. The zero-order valence-electron chi connectivity index (χ0n) is 17.3. The number of pyridine rings is 1. The summed E-state index contributed by atoms with van der Waals surface area (Å²) in [6.45, 7) is 2.12. The fourth-order valence-electron chi connectivity index (χ4n) is 3.62. The fourth-order valence-corrected chi connectivity index (χ4v) is 3.62. The number of hydrogen-bond donors (Lipinski definition) is 1. The maximum atomic E-state index is 5.94. The summed E-state index contributed by atoms with van der Waals surface area (Å²) in [5.41, 5.74) is 3.42. The second-order valence-electron chi connectivity index (χ2n) is 7.41. The number of ether oxygens (including phenoxy) is 3. The van der Waals surface area contributed by atoms with Gasteiger partial charge in [0.1, 0.15) is 5.75 Å². The highest BCUT2D eigenvalue weighted by molar-refractivity contribution is 5.83. The topological polar surface area (TPSA) is 52.6 Å². The van der Waals surface area contributed by atoms with Gasteiger partial charge in [-0.25, -0.2) is 0 Å². The van der Waals surface area contributed by atoms with Crippen LogP contribution in [0.1, 0.15) is 17.5 Å². The molecule has 0 bridgehead atoms. The van der Waals surface area contributed by atoms with E-state index in [4.69, 9.17) is 14.2 Å². The van der Waals surface area contributed by atoms with Gasteiger partial charge in [0.15, 0.2) is 6.29 Å². The largest absolute Gasteiger partial charge is 0.497 e. The van der Waals surface area contributed by atoms with E-state index in [1.165, 1.54) is 11.1 Å². The van der Waals surface area contributed by atoms with E-state index in [0.29, 0.717) is 13.2 Å². The van der Waals surface area contributed by atoms with Crippen molar-refractivity contribution in [2.45, 2.75) is 25.2 Å². The van der Waals surface area contributed by atoms with Crippen molar-refractivity contribution in [3.63, 3.8) is 0 Å². The predicted molar refractivity (Wildman–Crippen MR) is 120 cm³/mol. The van der Waals surface area contributed by atoms with Gasteiger partial charge >= 0.3 is 0 Å². The van der Waals surface area contributed by atoms with Gasteiger partial charge in [0, 0.05) is 24.5 Å². The molecule has 3 aromatic rings. The molecule has 0 amide bonds. The van der Waals surface area contributed by atoms with Crippen molar-refractivity contribution in [2.75, 3.05) is 26.9 Å². The number of nitrogens with zero attached hydrogens (tertiary/aromatic N) is 1. The number of nitrogens with one attached hydrogen (secondary N) is 1. The molecule has 0 aliphatic carbocycles. The van der Waals surface area contributed by atoms with Crippen LogP contribution in [0.2, 0.25) is 0 Å². The van der Waals surface area contributed by atoms with Crippen molar-refractivity contribution in [3.05, 3.63) is 78.0 Å². The number of methoxy groups -OCH3 is 1. The van der Waals surface area contributed by atoms with E-state index in [1.54, 1.807) is 7.11 Å². The van der Waals surface area contributed by atoms with E-state index in [1.807, 2.05) is 42.6 Å². The van der Waals surface area contributed by atoms with Crippen LogP contribution in [0.3, 0.4) is 0 Å². The van der Waals surface area contributed by atoms with Crippen LogP contribution < -0.4 is 10.1 Å². The molecule has 2 heterocycles. The number of hydrogen-bond acceptors (Lipinski definition) is 5. The molecule has 0 spiro atoms. The van der Waals surface area contributed by atoms with Crippen LogP contribution in [0.5, 0.6) is 5.75 Å². The van der Waals surface area contributed by atoms with Gasteiger partial charge in [-0.2, -0.15) is 0 Å². The Hall–Kier alpha value is -2.73. The molecule has 1 aromatic heterocycles. The molecule has 0 atom stereocenters. The molecule has 5 heteroatoms. The van der Waals surface area contributed by atoms with E-state index in [0.717, 1.165) is 36.0 Å². The first-order valence-corrected chi connectivity index (χ1v) is 10.4. The number of aryl methyl sites for hydroxylation is 1. The van der Waals surface area contributed by atoms with Crippen LogP contribution >= 0.6 is 0 Å². The maximum Gasteiger partial charge on any atom is 0.158 e. The first-order chi connectivity index (χ1) is 14.8. The Labute approximate surface area is 177 Å². The zero-order valence-corrected chi connectivity index (χ0v) is 17.3. The molecule has 1 N–H and O–H groups in total. The third kappa shape index (κ3) is 5.45. The van der Waals surface area contributed by atoms with E-state index in [2.05, 4.69) is 40.7 Å². The first kappa shape index (κ1) is 20.5. The van der Waals surface area contributed by atoms with E-state index >= 15 is 0 Å². The molecule has 0 saturated carbocycles. The second kappa shape index (κ2) is 10.3. The summed E-state index contributed by atoms with van der Waals surface area (Å²) in [5.74, 6) is 0.845. The number of rotatable bonds is 8. The van der Waals surface area contributed by atoms with Gasteiger partial charge < -0.3 is 19.5 Å². The summed E-state index contributed by atoms with van der Waals surface area (Å²) in [5, 5.41) is 4.59. The average molecular weight is 405 g/mol. The number of benzene rings is 2. The van der Waals surface area contributed by atoms with Crippen molar-refractivity contribution in [2.24, 2.45) is 0 Å². The summed E-state index contributed by atoms with van der Waals surface area (Å²) in [7, 11) is 1.68. The fraction of sp³-hybridized carbons (Fsp3) is 0.320. The second-order valence-corrected chi connectivity index (χ2v) is 7.41. The molecule has 0 unspecified atom stereocenters. The molecular weight excluding hydrogens is 376 g/mol. The standard InChI is InChI=1S/C25H28N2O3/c1-28-22-10-11-24-23(16-22)20(13-15-27-24)9-12-25-29-17-21(18-30-25)26-14-5-8-19-6-3-2-4-7-19/h2-8,10-11,13,15-16,21,25-26H,9,12,14,17-18H2,1H3/b8-5+. The molecule has 1 aliphatic heterocycles. The van der Waals surface area contributed by atoms with E-state index < -0.39 is 0 Å². The summed E-state index contributed by atoms with van der Waals surface area (Å²) in [4.78, 5) is 4.44. The Morgan fingerprint density at radius 2 is 1.93 bits per heavy atom. The predicted octanol–water partition coefficient (Wildman–Crippen LogP) is 4.22. The lowest BCUT2D eigenvalue weighted by molar-refractivity contribution is -0.191. The normalized spacial score (nSPS) is 19.4. The molecule has 156 valence electrons.